The number of aliphatic hydroxyl groups is 1. The van der Waals surface area contributed by atoms with Gasteiger partial charge in [-0.3, -0.25) is 4.79 Å². The Bertz CT molecular complexity index is 454. The fourth-order valence-electron chi connectivity index (χ4n) is 2.71. The zero-order valence-corrected chi connectivity index (χ0v) is 12.1. The number of nitrogens with one attached hydrogen (secondary N) is 2. The zero-order chi connectivity index (χ0) is 14.4. The van der Waals surface area contributed by atoms with E-state index in [0.29, 0.717) is 12.5 Å². The molecule has 3 N–H and O–H groups in total. The second-order valence-electron chi connectivity index (χ2n) is 5.46. The van der Waals surface area contributed by atoms with Gasteiger partial charge in [0.2, 0.25) is 0 Å². The highest BCUT2D eigenvalue weighted by molar-refractivity contribution is 5.94. The molecule has 0 radical (unpaired) electrons. The third-order valence-electron chi connectivity index (χ3n) is 3.88. The molecule has 0 spiro atoms. The molecule has 0 fully saturated rings. The quantitative estimate of drug-likeness (QED) is 0.712. The lowest BCUT2D eigenvalue weighted by Gasteiger charge is -2.15. The molecule has 1 aromatic rings. The van der Waals surface area contributed by atoms with Crippen LogP contribution in [0.5, 0.6) is 0 Å². The topological polar surface area (TPSA) is 61.4 Å². The molecule has 0 saturated carbocycles. The predicted octanol–water partition coefficient (Wildman–Crippen LogP) is 1.82. The summed E-state index contributed by atoms with van der Waals surface area (Å²) in [5.41, 5.74) is 3.23. The van der Waals surface area contributed by atoms with Crippen LogP contribution in [0, 0.1) is 5.92 Å². The van der Waals surface area contributed by atoms with E-state index in [0.717, 1.165) is 37.9 Å². The van der Waals surface area contributed by atoms with Crippen molar-refractivity contribution < 1.29 is 9.90 Å². The van der Waals surface area contributed by atoms with Crippen molar-refractivity contribution in [1.82, 2.24) is 10.6 Å². The Morgan fingerprint density at radius 2 is 2.15 bits per heavy atom. The predicted molar refractivity (Wildman–Crippen MR) is 79.4 cm³/mol. The molecule has 1 atom stereocenters. The number of amides is 1. The van der Waals surface area contributed by atoms with Crippen LogP contribution < -0.4 is 10.6 Å². The van der Waals surface area contributed by atoms with E-state index in [9.17, 15) is 4.79 Å². The molecule has 20 heavy (non-hydrogen) atoms. The Morgan fingerprint density at radius 1 is 1.35 bits per heavy atom. The van der Waals surface area contributed by atoms with E-state index >= 15 is 0 Å². The molecule has 1 aliphatic heterocycles. The molecule has 1 heterocycles. The maximum atomic E-state index is 12.2. The van der Waals surface area contributed by atoms with E-state index in [-0.39, 0.29) is 12.5 Å². The molecular formula is C16H24N2O2. The van der Waals surface area contributed by atoms with Gasteiger partial charge in [0.15, 0.2) is 0 Å². The van der Waals surface area contributed by atoms with Crippen LogP contribution in [0.3, 0.4) is 0 Å². The maximum absolute atomic E-state index is 12.2. The third-order valence-corrected chi connectivity index (χ3v) is 3.88. The number of carbonyl (C=O) groups excluding carboxylic acids is 1. The van der Waals surface area contributed by atoms with E-state index in [1.54, 1.807) is 0 Å². The first-order valence-electron chi connectivity index (χ1n) is 7.46. The fraction of sp³-hybridized carbons (Fsp3) is 0.562. The van der Waals surface area contributed by atoms with Crippen molar-refractivity contribution in [3.05, 3.63) is 34.9 Å². The lowest BCUT2D eigenvalue weighted by Crippen LogP contribution is -2.29. The highest BCUT2D eigenvalue weighted by Gasteiger charge is 2.14. The summed E-state index contributed by atoms with van der Waals surface area (Å²) in [6.45, 7) is 4.69. The van der Waals surface area contributed by atoms with Gasteiger partial charge in [-0.1, -0.05) is 19.4 Å². The van der Waals surface area contributed by atoms with Crippen molar-refractivity contribution in [2.24, 2.45) is 5.92 Å². The number of hydrogen-bond acceptors (Lipinski definition) is 3. The summed E-state index contributed by atoms with van der Waals surface area (Å²) in [5, 5.41) is 15.3. The van der Waals surface area contributed by atoms with E-state index in [4.69, 9.17) is 5.11 Å². The highest BCUT2D eigenvalue weighted by atomic mass is 16.3. The van der Waals surface area contributed by atoms with Gasteiger partial charge in [-0.15, -0.1) is 0 Å². The summed E-state index contributed by atoms with van der Waals surface area (Å²) in [6.07, 6.45) is 2.86. The van der Waals surface area contributed by atoms with Crippen LogP contribution in [0.2, 0.25) is 0 Å². The monoisotopic (exact) mass is 276 g/mol. The van der Waals surface area contributed by atoms with E-state index < -0.39 is 0 Å². The van der Waals surface area contributed by atoms with E-state index in [2.05, 4.69) is 17.6 Å². The highest BCUT2D eigenvalue weighted by Crippen LogP contribution is 2.17. The van der Waals surface area contributed by atoms with Gasteiger partial charge in [0, 0.05) is 31.8 Å². The molecule has 4 heteroatoms. The molecule has 110 valence electrons. The van der Waals surface area contributed by atoms with Gasteiger partial charge in [-0.25, -0.2) is 0 Å². The van der Waals surface area contributed by atoms with E-state index in [1.165, 1.54) is 11.1 Å². The van der Waals surface area contributed by atoms with Crippen LogP contribution in [0.1, 0.15) is 47.7 Å². The Morgan fingerprint density at radius 3 is 2.90 bits per heavy atom. The average molecular weight is 276 g/mol. The summed E-state index contributed by atoms with van der Waals surface area (Å²) in [6, 6.07) is 5.90. The van der Waals surface area contributed by atoms with Crippen LogP contribution in [-0.4, -0.2) is 24.2 Å². The largest absolute Gasteiger partial charge is 0.396 e. The summed E-state index contributed by atoms with van der Waals surface area (Å²) in [7, 11) is 0. The van der Waals surface area contributed by atoms with Gasteiger partial charge in [-0.05, 0) is 42.0 Å². The zero-order valence-electron chi connectivity index (χ0n) is 12.1. The standard InChI is InChI=1S/C16H24N2O2/c1-2-3-12(6-7-19)9-18-16(20)13-4-5-14-10-17-11-15(14)8-13/h4-5,8,12,17,19H,2-3,6-7,9-11H2,1H3,(H,18,20). The fourth-order valence-corrected chi connectivity index (χ4v) is 2.71. The van der Waals surface area contributed by atoms with Gasteiger partial charge >= 0.3 is 0 Å². The lowest BCUT2D eigenvalue weighted by molar-refractivity contribution is 0.0943. The lowest BCUT2D eigenvalue weighted by atomic mass is 10.00. The number of aliphatic hydroxyl groups excluding tert-OH is 1. The minimum Gasteiger partial charge on any atom is -0.396 e. The molecule has 1 aliphatic rings. The molecule has 0 bridgehead atoms. The van der Waals surface area contributed by atoms with Crippen LogP contribution in [0.15, 0.2) is 18.2 Å². The molecular weight excluding hydrogens is 252 g/mol. The van der Waals surface area contributed by atoms with Crippen molar-refractivity contribution in [1.29, 1.82) is 0 Å². The van der Waals surface area contributed by atoms with Crippen LogP contribution >= 0.6 is 0 Å². The molecule has 1 unspecified atom stereocenters. The van der Waals surface area contributed by atoms with Gasteiger partial charge in [0.25, 0.3) is 5.91 Å². The van der Waals surface area contributed by atoms with E-state index in [1.807, 2.05) is 18.2 Å². The Labute approximate surface area is 120 Å². The Hall–Kier alpha value is -1.39. The van der Waals surface area contributed by atoms with Crippen LogP contribution in [0.25, 0.3) is 0 Å². The summed E-state index contributed by atoms with van der Waals surface area (Å²) in [5.74, 6) is 0.351. The molecule has 0 saturated heterocycles. The summed E-state index contributed by atoms with van der Waals surface area (Å²) >= 11 is 0. The SMILES string of the molecule is CCCC(CCO)CNC(=O)c1ccc2c(c1)CNC2. The Balaban J connectivity index is 1.91. The van der Waals surface area contributed by atoms with Crippen molar-refractivity contribution in [3.8, 4) is 0 Å². The number of rotatable bonds is 7. The molecule has 1 amide bonds. The van der Waals surface area contributed by atoms with Gasteiger partial charge in [0.1, 0.15) is 0 Å². The van der Waals surface area contributed by atoms with Crippen molar-refractivity contribution in [3.63, 3.8) is 0 Å². The first kappa shape index (κ1) is 15.0. The van der Waals surface area contributed by atoms with Crippen molar-refractivity contribution in [2.45, 2.75) is 39.3 Å². The molecule has 2 rings (SSSR count). The maximum Gasteiger partial charge on any atom is 0.251 e. The molecule has 4 nitrogen and oxygen atoms in total. The normalized spacial score (nSPS) is 14.9. The average Bonchev–Trinajstić information content (AvgIpc) is 2.92. The molecule has 0 aliphatic carbocycles. The minimum atomic E-state index is -0.0151. The Kier molecular flexibility index (Phi) is 5.56. The number of carbonyl (C=O) groups is 1. The van der Waals surface area contributed by atoms with Gasteiger partial charge in [-0.2, -0.15) is 0 Å². The number of benzene rings is 1. The van der Waals surface area contributed by atoms with Gasteiger partial charge in [0.05, 0.1) is 0 Å². The minimum absolute atomic E-state index is 0.0151. The molecule has 0 aromatic heterocycles. The first-order valence-corrected chi connectivity index (χ1v) is 7.46. The van der Waals surface area contributed by atoms with Crippen LogP contribution in [-0.2, 0) is 13.1 Å². The summed E-state index contributed by atoms with van der Waals surface area (Å²) < 4.78 is 0. The summed E-state index contributed by atoms with van der Waals surface area (Å²) in [4.78, 5) is 12.2. The third kappa shape index (κ3) is 3.81. The van der Waals surface area contributed by atoms with Gasteiger partial charge < -0.3 is 15.7 Å². The number of hydrogen-bond donors (Lipinski definition) is 3. The van der Waals surface area contributed by atoms with Crippen molar-refractivity contribution >= 4 is 5.91 Å². The smallest absolute Gasteiger partial charge is 0.251 e. The van der Waals surface area contributed by atoms with Crippen molar-refractivity contribution in [2.75, 3.05) is 13.2 Å². The van der Waals surface area contributed by atoms with Crippen LogP contribution in [0.4, 0.5) is 0 Å². The molecule has 1 aromatic carbocycles. The second-order valence-corrected chi connectivity index (χ2v) is 5.46. The number of fused-ring (bicyclic) bond motifs is 1. The first-order chi connectivity index (χ1) is 9.74. The second kappa shape index (κ2) is 7.41.